The third-order valence-electron chi connectivity index (χ3n) is 4.76. The molecule has 2 aromatic carbocycles. The maximum absolute atomic E-state index is 12.9. The number of hydrogen-bond donors (Lipinski definition) is 2. The van der Waals surface area contributed by atoms with Crippen molar-refractivity contribution in [3.05, 3.63) is 70.8 Å². The van der Waals surface area contributed by atoms with Gasteiger partial charge in [-0.25, -0.2) is 9.80 Å². The molecule has 0 spiro atoms. The molecule has 0 aliphatic carbocycles. The van der Waals surface area contributed by atoms with Gasteiger partial charge in [-0.15, -0.1) is 0 Å². The van der Waals surface area contributed by atoms with Crippen LogP contribution in [0.3, 0.4) is 0 Å². The molecule has 0 unspecified atom stereocenters. The molecule has 0 bridgehead atoms. The smallest absolute Gasteiger partial charge is 0.337 e. The molecule has 8 nitrogen and oxygen atoms in total. The summed E-state index contributed by atoms with van der Waals surface area (Å²) in [5, 5.41) is 10.5. The molecule has 33 heavy (non-hydrogen) atoms. The Hall–Kier alpha value is -3.76. The van der Waals surface area contributed by atoms with Crippen molar-refractivity contribution in [2.24, 2.45) is 0 Å². The van der Waals surface area contributed by atoms with Crippen molar-refractivity contribution >= 4 is 51.9 Å². The van der Waals surface area contributed by atoms with Crippen LogP contribution in [0.1, 0.15) is 16.1 Å². The molecule has 1 fully saturated rings. The number of hydrogen-bond acceptors (Lipinski definition) is 8. The van der Waals surface area contributed by atoms with Gasteiger partial charge in [0.05, 0.1) is 35.9 Å². The molecule has 10 heteroatoms. The van der Waals surface area contributed by atoms with Gasteiger partial charge in [-0.2, -0.15) is 0 Å². The highest BCUT2D eigenvalue weighted by atomic mass is 32.2. The van der Waals surface area contributed by atoms with Gasteiger partial charge in [0.1, 0.15) is 23.0 Å². The van der Waals surface area contributed by atoms with Crippen molar-refractivity contribution in [2.75, 3.05) is 19.6 Å². The molecule has 1 amide bonds. The highest BCUT2D eigenvalue weighted by molar-refractivity contribution is 8.26. The number of carboxylic acid groups (broad SMARTS) is 1. The fourth-order valence-electron chi connectivity index (χ4n) is 3.16. The summed E-state index contributed by atoms with van der Waals surface area (Å²) in [5.74, 6) is 0.728. The molecule has 4 rings (SSSR count). The van der Waals surface area contributed by atoms with Crippen molar-refractivity contribution in [3.8, 4) is 22.8 Å². The fraction of sp³-hybridized carbons (Fsp3) is 0.0870. The van der Waals surface area contributed by atoms with Crippen molar-refractivity contribution < 1.29 is 28.6 Å². The lowest BCUT2D eigenvalue weighted by molar-refractivity contribution is -0.121. The van der Waals surface area contributed by atoms with E-state index in [9.17, 15) is 14.7 Å². The molecule has 0 radical (unpaired) electrons. The third-order valence-corrected chi connectivity index (χ3v) is 6.06. The lowest BCUT2D eigenvalue weighted by atomic mass is 10.1. The number of amides is 1. The molecule has 1 aromatic heterocycles. The molecule has 1 saturated heterocycles. The summed E-state index contributed by atoms with van der Waals surface area (Å²) in [6.45, 7) is 0. The lowest BCUT2D eigenvalue weighted by Gasteiger charge is -2.18. The fourth-order valence-corrected chi connectivity index (χ4v) is 4.32. The van der Waals surface area contributed by atoms with Crippen molar-refractivity contribution in [1.29, 1.82) is 0 Å². The van der Waals surface area contributed by atoms with Crippen LogP contribution in [0.5, 0.6) is 11.5 Å². The van der Waals surface area contributed by atoms with Gasteiger partial charge in [0.15, 0.2) is 4.32 Å². The average molecular weight is 483 g/mol. The van der Waals surface area contributed by atoms with Gasteiger partial charge in [0.2, 0.25) is 0 Å². The lowest BCUT2D eigenvalue weighted by Crippen LogP contribution is -2.34. The van der Waals surface area contributed by atoms with E-state index in [0.717, 1.165) is 22.3 Å². The van der Waals surface area contributed by atoms with E-state index in [1.54, 1.807) is 62.8 Å². The Morgan fingerprint density at radius 3 is 2.67 bits per heavy atom. The molecular weight excluding hydrogens is 464 g/mol. The van der Waals surface area contributed by atoms with Gasteiger partial charge in [0, 0.05) is 12.1 Å². The summed E-state index contributed by atoms with van der Waals surface area (Å²) in [5.41, 5.74) is 3.82. The first-order chi connectivity index (χ1) is 15.9. The van der Waals surface area contributed by atoms with E-state index in [1.165, 1.54) is 6.07 Å². The van der Waals surface area contributed by atoms with Gasteiger partial charge < -0.3 is 19.0 Å². The largest absolute Gasteiger partial charge is 0.497 e. The number of carbonyl (C=O) groups is 2. The SMILES string of the molecule is COc1ccc(-c2ccc(/C=C3/SC(=S)N(Nc4ccccc4C(=O)O)C3=O)o2)c(OC)c1. The second kappa shape index (κ2) is 9.39. The zero-order valence-electron chi connectivity index (χ0n) is 17.5. The molecule has 2 N–H and O–H groups in total. The molecule has 0 atom stereocenters. The number of methoxy groups -OCH3 is 2. The van der Waals surface area contributed by atoms with Gasteiger partial charge in [-0.1, -0.05) is 23.9 Å². The number of para-hydroxylation sites is 1. The third kappa shape index (κ3) is 4.57. The van der Waals surface area contributed by atoms with E-state index in [-0.39, 0.29) is 15.6 Å². The van der Waals surface area contributed by atoms with Gasteiger partial charge in [-0.05, 0) is 48.6 Å². The van der Waals surface area contributed by atoms with Gasteiger partial charge in [0.25, 0.3) is 5.91 Å². The number of rotatable bonds is 7. The van der Waals surface area contributed by atoms with Crippen LogP contribution in [-0.2, 0) is 4.79 Å². The van der Waals surface area contributed by atoms with Crippen LogP contribution in [-0.4, -0.2) is 40.5 Å². The summed E-state index contributed by atoms with van der Waals surface area (Å²) >= 11 is 6.40. The second-order valence-electron chi connectivity index (χ2n) is 6.75. The number of furan rings is 1. The topological polar surface area (TPSA) is 101 Å². The average Bonchev–Trinajstić information content (AvgIpc) is 3.39. The highest BCUT2D eigenvalue weighted by Gasteiger charge is 2.33. The summed E-state index contributed by atoms with van der Waals surface area (Å²) in [4.78, 5) is 24.7. The number of benzene rings is 2. The van der Waals surface area contributed by atoms with E-state index in [2.05, 4.69) is 5.43 Å². The monoisotopic (exact) mass is 482 g/mol. The van der Waals surface area contributed by atoms with Gasteiger partial charge in [-0.3, -0.25) is 10.2 Å². The predicted octanol–water partition coefficient (Wildman–Crippen LogP) is 4.89. The molecular formula is C23H18N2O6S2. The molecule has 2 heterocycles. The minimum absolute atomic E-state index is 0.0274. The van der Waals surface area contributed by atoms with Crippen molar-refractivity contribution in [1.82, 2.24) is 5.01 Å². The summed E-state index contributed by atoms with van der Waals surface area (Å²) in [7, 11) is 3.13. The summed E-state index contributed by atoms with van der Waals surface area (Å²) in [6.07, 6.45) is 1.59. The number of thioether (sulfide) groups is 1. The first-order valence-electron chi connectivity index (χ1n) is 9.60. The summed E-state index contributed by atoms with van der Waals surface area (Å²) in [6, 6.07) is 15.2. The van der Waals surface area contributed by atoms with E-state index in [4.69, 9.17) is 26.1 Å². The van der Waals surface area contributed by atoms with Crippen LogP contribution in [0.4, 0.5) is 5.69 Å². The van der Waals surface area contributed by atoms with E-state index in [0.29, 0.717) is 27.9 Å². The van der Waals surface area contributed by atoms with E-state index in [1.807, 2.05) is 6.07 Å². The zero-order valence-corrected chi connectivity index (χ0v) is 19.2. The number of nitrogens with one attached hydrogen (secondary N) is 1. The maximum Gasteiger partial charge on any atom is 0.337 e. The second-order valence-corrected chi connectivity index (χ2v) is 8.42. The Balaban J connectivity index is 1.57. The normalized spacial score (nSPS) is 14.6. The minimum atomic E-state index is -1.11. The molecule has 3 aromatic rings. The number of thiocarbonyl (C=S) groups is 1. The van der Waals surface area contributed by atoms with Crippen LogP contribution in [0, 0.1) is 0 Å². The molecule has 1 aliphatic heterocycles. The Kier molecular flexibility index (Phi) is 6.38. The quantitative estimate of drug-likeness (QED) is 0.360. The standard InChI is InChI=1S/C23H18N2O6S2/c1-29-13-7-9-16(19(11-13)30-2)18-10-8-14(31-18)12-20-21(26)25(23(32)33-20)24-17-6-4-3-5-15(17)22(27)28/h3-12,24H,1-2H3,(H,27,28)/b20-12+. The predicted molar refractivity (Wildman–Crippen MR) is 129 cm³/mol. The van der Waals surface area contributed by atoms with Crippen LogP contribution in [0.15, 0.2) is 63.9 Å². The van der Waals surface area contributed by atoms with Crippen LogP contribution in [0.2, 0.25) is 0 Å². The Morgan fingerprint density at radius 2 is 1.94 bits per heavy atom. The first kappa shape index (κ1) is 22.4. The number of nitrogens with zero attached hydrogens (tertiary/aromatic N) is 1. The minimum Gasteiger partial charge on any atom is -0.497 e. The van der Waals surface area contributed by atoms with Crippen LogP contribution < -0.4 is 14.9 Å². The maximum atomic E-state index is 12.9. The molecule has 0 saturated carbocycles. The number of ether oxygens (including phenoxy) is 2. The van der Waals surface area contributed by atoms with Gasteiger partial charge >= 0.3 is 5.97 Å². The number of carboxylic acids is 1. The zero-order chi connectivity index (χ0) is 23.5. The van der Waals surface area contributed by atoms with Crippen LogP contribution in [0.25, 0.3) is 17.4 Å². The first-order valence-corrected chi connectivity index (χ1v) is 10.8. The number of anilines is 1. The molecule has 1 aliphatic rings. The highest BCUT2D eigenvalue weighted by Crippen LogP contribution is 2.37. The van der Waals surface area contributed by atoms with Crippen molar-refractivity contribution in [2.45, 2.75) is 0 Å². The number of hydrazine groups is 1. The number of carbonyl (C=O) groups excluding carboxylic acids is 1. The summed E-state index contributed by atoms with van der Waals surface area (Å²) < 4.78 is 16.8. The van der Waals surface area contributed by atoms with Crippen LogP contribution >= 0.6 is 24.0 Å². The Morgan fingerprint density at radius 1 is 1.15 bits per heavy atom. The van der Waals surface area contributed by atoms with E-state index < -0.39 is 11.9 Å². The van der Waals surface area contributed by atoms with Crippen molar-refractivity contribution in [3.63, 3.8) is 0 Å². The number of aromatic carboxylic acids is 1. The molecule has 168 valence electrons. The Bertz CT molecular complexity index is 1280. The van der Waals surface area contributed by atoms with E-state index >= 15 is 0 Å². The Labute approximate surface area is 198 Å².